The van der Waals surface area contributed by atoms with E-state index in [9.17, 15) is 4.79 Å². The maximum atomic E-state index is 11.8. The van der Waals surface area contributed by atoms with E-state index in [1.54, 1.807) is 0 Å². The van der Waals surface area contributed by atoms with Crippen LogP contribution < -0.4 is 11.1 Å². The van der Waals surface area contributed by atoms with E-state index in [0.29, 0.717) is 25.3 Å². The Morgan fingerprint density at radius 1 is 1.52 bits per heavy atom. The summed E-state index contributed by atoms with van der Waals surface area (Å²) < 4.78 is 0. The van der Waals surface area contributed by atoms with Gasteiger partial charge in [-0.1, -0.05) is 12.1 Å². The second-order valence-corrected chi connectivity index (χ2v) is 5.96. The normalized spacial score (nSPS) is 16.1. The fourth-order valence-electron chi connectivity index (χ4n) is 2.59. The molecule has 1 aliphatic carbocycles. The summed E-state index contributed by atoms with van der Waals surface area (Å²) in [7, 11) is 0. The number of rotatable bonds is 6. The van der Waals surface area contributed by atoms with Crippen molar-refractivity contribution >= 4 is 16.9 Å². The average Bonchev–Trinajstić information content (AvgIpc) is 3.23. The van der Waals surface area contributed by atoms with Crippen LogP contribution in [0.3, 0.4) is 0 Å². The summed E-state index contributed by atoms with van der Waals surface area (Å²) in [6.45, 7) is 2.63. The summed E-state index contributed by atoms with van der Waals surface area (Å²) in [6.07, 6.45) is 3.47. The lowest BCUT2D eigenvalue weighted by Gasteiger charge is -2.11. The third-order valence-corrected chi connectivity index (χ3v) is 4.11. The number of carbonyl (C=O) groups excluding carboxylic acids is 1. The van der Waals surface area contributed by atoms with Gasteiger partial charge in [0.1, 0.15) is 5.82 Å². The van der Waals surface area contributed by atoms with E-state index in [1.165, 1.54) is 12.8 Å². The molecule has 112 valence electrons. The molecule has 1 amide bonds. The van der Waals surface area contributed by atoms with E-state index in [-0.39, 0.29) is 11.9 Å². The first-order valence-electron chi connectivity index (χ1n) is 7.60. The highest BCUT2D eigenvalue weighted by Gasteiger charge is 2.28. The second-order valence-electron chi connectivity index (χ2n) is 5.96. The van der Waals surface area contributed by atoms with Crippen LogP contribution in [0.5, 0.6) is 0 Å². The number of aryl methyl sites for hydroxylation is 2. The Morgan fingerprint density at radius 2 is 2.33 bits per heavy atom. The van der Waals surface area contributed by atoms with Crippen molar-refractivity contribution in [3.05, 3.63) is 29.6 Å². The first-order valence-corrected chi connectivity index (χ1v) is 7.60. The summed E-state index contributed by atoms with van der Waals surface area (Å²) >= 11 is 0. The molecule has 4 N–H and O–H groups in total. The van der Waals surface area contributed by atoms with E-state index in [4.69, 9.17) is 5.73 Å². The van der Waals surface area contributed by atoms with Gasteiger partial charge in [0.05, 0.1) is 11.0 Å². The molecule has 0 spiro atoms. The molecule has 1 fully saturated rings. The van der Waals surface area contributed by atoms with Gasteiger partial charge in [-0.05, 0) is 37.3 Å². The first-order chi connectivity index (χ1) is 10.1. The molecule has 0 bridgehead atoms. The van der Waals surface area contributed by atoms with Gasteiger partial charge in [0, 0.05) is 25.4 Å². The predicted molar refractivity (Wildman–Crippen MR) is 82.9 cm³/mol. The highest BCUT2D eigenvalue weighted by atomic mass is 16.1. The van der Waals surface area contributed by atoms with Crippen LogP contribution in [0, 0.1) is 12.8 Å². The van der Waals surface area contributed by atoms with Crippen molar-refractivity contribution in [1.82, 2.24) is 15.3 Å². The van der Waals surface area contributed by atoms with Gasteiger partial charge in [-0.3, -0.25) is 4.79 Å². The van der Waals surface area contributed by atoms with Crippen molar-refractivity contribution in [2.75, 3.05) is 6.54 Å². The van der Waals surface area contributed by atoms with Crippen LogP contribution in [0.1, 0.15) is 30.7 Å². The lowest BCUT2D eigenvalue weighted by atomic mass is 10.2. The third kappa shape index (κ3) is 3.42. The van der Waals surface area contributed by atoms with Crippen LogP contribution in [0.2, 0.25) is 0 Å². The largest absolute Gasteiger partial charge is 0.355 e. The Kier molecular flexibility index (Phi) is 3.92. The standard InChI is InChI=1S/C16H22N4O/c1-10-3-2-4-13-16(10)20-14(19-13)7-8-15(21)18-9-12(17)11-5-6-11/h2-4,11-12H,5-9,17H2,1H3,(H,18,21)(H,19,20). The number of hydrogen-bond acceptors (Lipinski definition) is 3. The van der Waals surface area contributed by atoms with Gasteiger partial charge in [-0.2, -0.15) is 0 Å². The summed E-state index contributed by atoms with van der Waals surface area (Å²) in [5.74, 6) is 1.52. The number of amides is 1. The van der Waals surface area contributed by atoms with Gasteiger partial charge in [0.15, 0.2) is 0 Å². The van der Waals surface area contributed by atoms with Gasteiger partial charge in [-0.15, -0.1) is 0 Å². The Bertz CT molecular complexity index is 645. The van der Waals surface area contributed by atoms with E-state index in [0.717, 1.165) is 22.4 Å². The fraction of sp³-hybridized carbons (Fsp3) is 0.500. The predicted octanol–water partition coefficient (Wildman–Crippen LogP) is 1.66. The number of aromatic nitrogens is 2. The van der Waals surface area contributed by atoms with Crippen LogP contribution in [0.25, 0.3) is 11.0 Å². The molecule has 0 radical (unpaired) electrons. The minimum absolute atomic E-state index is 0.0447. The molecule has 5 nitrogen and oxygen atoms in total. The molecule has 1 atom stereocenters. The smallest absolute Gasteiger partial charge is 0.220 e. The molecule has 1 heterocycles. The number of nitrogens with zero attached hydrogens (tertiary/aromatic N) is 1. The molecular formula is C16H22N4O. The number of imidazole rings is 1. The van der Waals surface area contributed by atoms with Gasteiger partial charge in [-0.25, -0.2) is 4.98 Å². The van der Waals surface area contributed by atoms with Crippen molar-refractivity contribution in [1.29, 1.82) is 0 Å². The molecule has 1 aliphatic rings. The average molecular weight is 286 g/mol. The van der Waals surface area contributed by atoms with Crippen LogP contribution >= 0.6 is 0 Å². The number of para-hydroxylation sites is 1. The minimum atomic E-state index is 0.0447. The molecular weight excluding hydrogens is 264 g/mol. The molecule has 0 aliphatic heterocycles. The number of aromatic amines is 1. The summed E-state index contributed by atoms with van der Waals surface area (Å²) in [5, 5.41) is 2.91. The van der Waals surface area contributed by atoms with Crippen molar-refractivity contribution in [3.63, 3.8) is 0 Å². The summed E-state index contributed by atoms with van der Waals surface area (Å²) in [6, 6.07) is 6.17. The number of hydrogen-bond donors (Lipinski definition) is 3. The molecule has 0 saturated heterocycles. The second kappa shape index (κ2) is 5.85. The van der Waals surface area contributed by atoms with E-state index >= 15 is 0 Å². The van der Waals surface area contributed by atoms with E-state index in [1.807, 2.05) is 25.1 Å². The SMILES string of the molecule is Cc1cccc2[nH]c(CCC(=O)NCC(N)C3CC3)nc12. The van der Waals surface area contributed by atoms with Gasteiger partial charge in [0.2, 0.25) is 5.91 Å². The van der Waals surface area contributed by atoms with Crippen LogP contribution in [0.4, 0.5) is 0 Å². The third-order valence-electron chi connectivity index (χ3n) is 4.11. The molecule has 1 unspecified atom stereocenters. The molecule has 2 aromatic rings. The molecule has 21 heavy (non-hydrogen) atoms. The van der Waals surface area contributed by atoms with Crippen LogP contribution in [0.15, 0.2) is 18.2 Å². The minimum Gasteiger partial charge on any atom is -0.355 e. The zero-order valence-electron chi connectivity index (χ0n) is 12.4. The molecule has 3 rings (SSSR count). The first kappa shape index (κ1) is 14.1. The Morgan fingerprint density at radius 3 is 3.05 bits per heavy atom. The molecule has 1 aromatic carbocycles. The van der Waals surface area contributed by atoms with Crippen molar-refractivity contribution < 1.29 is 4.79 Å². The van der Waals surface area contributed by atoms with Gasteiger partial charge >= 0.3 is 0 Å². The number of benzene rings is 1. The fourth-order valence-corrected chi connectivity index (χ4v) is 2.59. The zero-order valence-corrected chi connectivity index (χ0v) is 12.4. The topological polar surface area (TPSA) is 83.8 Å². The lowest BCUT2D eigenvalue weighted by molar-refractivity contribution is -0.121. The number of fused-ring (bicyclic) bond motifs is 1. The Hall–Kier alpha value is -1.88. The quantitative estimate of drug-likeness (QED) is 0.755. The highest BCUT2D eigenvalue weighted by molar-refractivity contribution is 5.79. The highest BCUT2D eigenvalue weighted by Crippen LogP contribution is 2.31. The molecule has 5 heteroatoms. The molecule has 1 aromatic heterocycles. The number of nitrogens with two attached hydrogens (primary N) is 1. The van der Waals surface area contributed by atoms with Crippen molar-refractivity contribution in [2.24, 2.45) is 11.7 Å². The maximum Gasteiger partial charge on any atom is 0.220 e. The van der Waals surface area contributed by atoms with Crippen molar-refractivity contribution in [2.45, 2.75) is 38.6 Å². The van der Waals surface area contributed by atoms with Crippen molar-refractivity contribution in [3.8, 4) is 0 Å². The monoisotopic (exact) mass is 286 g/mol. The number of H-pyrrole nitrogens is 1. The number of nitrogens with one attached hydrogen (secondary N) is 2. The lowest BCUT2D eigenvalue weighted by Crippen LogP contribution is -2.38. The Labute approximate surface area is 124 Å². The summed E-state index contributed by atoms with van der Waals surface area (Å²) in [4.78, 5) is 19.7. The zero-order chi connectivity index (χ0) is 14.8. The van der Waals surface area contributed by atoms with E-state index < -0.39 is 0 Å². The van der Waals surface area contributed by atoms with E-state index in [2.05, 4.69) is 15.3 Å². The van der Waals surface area contributed by atoms with Gasteiger partial charge in [0.25, 0.3) is 0 Å². The Balaban J connectivity index is 1.51. The summed E-state index contributed by atoms with van der Waals surface area (Å²) in [5.41, 5.74) is 9.14. The van der Waals surface area contributed by atoms with Crippen LogP contribution in [-0.4, -0.2) is 28.5 Å². The van der Waals surface area contributed by atoms with Crippen LogP contribution in [-0.2, 0) is 11.2 Å². The number of carbonyl (C=O) groups is 1. The van der Waals surface area contributed by atoms with Gasteiger partial charge < -0.3 is 16.0 Å². The maximum absolute atomic E-state index is 11.8. The molecule has 1 saturated carbocycles.